The van der Waals surface area contributed by atoms with Crippen LogP contribution in [0.1, 0.15) is 36.4 Å². The average Bonchev–Trinajstić information content (AvgIpc) is 2.84. The van der Waals surface area contributed by atoms with Gasteiger partial charge in [-0.15, -0.1) is 11.3 Å². The highest BCUT2D eigenvalue weighted by atomic mass is 35.5. The van der Waals surface area contributed by atoms with Crippen molar-refractivity contribution in [3.8, 4) is 0 Å². The minimum absolute atomic E-state index is 0.120. The predicted octanol–water partition coefficient (Wildman–Crippen LogP) is 4.22. The molecule has 3 nitrogen and oxygen atoms in total. The van der Waals surface area contributed by atoms with Gasteiger partial charge >= 0.3 is 0 Å². The average molecular weight is 344 g/mol. The van der Waals surface area contributed by atoms with E-state index in [-0.39, 0.29) is 12.1 Å². The monoisotopic (exact) mass is 343 g/mol. The second-order valence-electron chi connectivity index (χ2n) is 5.09. The molecule has 2 aromatic rings. The Balaban J connectivity index is 2.08. The Morgan fingerprint density at radius 1 is 1.05 bits per heavy atom. The zero-order valence-electron chi connectivity index (χ0n) is 12.1. The Morgan fingerprint density at radius 2 is 1.67 bits per heavy atom. The summed E-state index contributed by atoms with van der Waals surface area (Å²) in [6.45, 7) is 4.14. The number of thiophene rings is 1. The SMILES string of the molecule is CC(NC(C)c1ccc(Cl)s1)c1ccc(S(C)(=O)=O)cc1. The van der Waals surface area contributed by atoms with Crippen LogP contribution in [0.3, 0.4) is 0 Å². The summed E-state index contributed by atoms with van der Waals surface area (Å²) in [6, 6.07) is 11.2. The van der Waals surface area contributed by atoms with Crippen molar-refractivity contribution in [3.63, 3.8) is 0 Å². The number of benzene rings is 1. The summed E-state index contributed by atoms with van der Waals surface area (Å²) in [5.41, 5.74) is 1.05. The van der Waals surface area contributed by atoms with Crippen LogP contribution in [0.5, 0.6) is 0 Å². The fraction of sp³-hybridized carbons (Fsp3) is 0.333. The molecule has 2 atom stereocenters. The van der Waals surface area contributed by atoms with Crippen molar-refractivity contribution in [2.75, 3.05) is 6.26 Å². The Kier molecular flexibility index (Phi) is 5.09. The van der Waals surface area contributed by atoms with Crippen molar-refractivity contribution in [2.45, 2.75) is 30.8 Å². The predicted molar refractivity (Wildman–Crippen MR) is 88.8 cm³/mol. The first kappa shape index (κ1) is 16.5. The molecule has 0 aliphatic carbocycles. The van der Waals surface area contributed by atoms with E-state index >= 15 is 0 Å². The summed E-state index contributed by atoms with van der Waals surface area (Å²) in [7, 11) is -3.14. The maximum atomic E-state index is 11.5. The maximum absolute atomic E-state index is 11.5. The van der Waals surface area contributed by atoms with Gasteiger partial charge in [0.05, 0.1) is 9.23 Å². The van der Waals surface area contributed by atoms with Crippen LogP contribution in [0.25, 0.3) is 0 Å². The summed E-state index contributed by atoms with van der Waals surface area (Å²) in [4.78, 5) is 1.52. The van der Waals surface area contributed by atoms with Gasteiger partial charge in [0.15, 0.2) is 9.84 Å². The van der Waals surface area contributed by atoms with Gasteiger partial charge in [0.2, 0.25) is 0 Å². The maximum Gasteiger partial charge on any atom is 0.175 e. The molecule has 6 heteroatoms. The number of nitrogens with one attached hydrogen (secondary N) is 1. The summed E-state index contributed by atoms with van der Waals surface area (Å²) >= 11 is 7.51. The molecule has 1 N–H and O–H groups in total. The van der Waals surface area contributed by atoms with Gasteiger partial charge in [-0.2, -0.15) is 0 Å². The first-order valence-electron chi connectivity index (χ1n) is 6.58. The van der Waals surface area contributed by atoms with Crippen LogP contribution < -0.4 is 5.32 Å². The molecule has 1 heterocycles. The fourth-order valence-electron chi connectivity index (χ4n) is 2.12. The molecular formula is C15H18ClNO2S2. The van der Waals surface area contributed by atoms with Crippen LogP contribution in [0.4, 0.5) is 0 Å². The highest BCUT2D eigenvalue weighted by Gasteiger charge is 2.14. The van der Waals surface area contributed by atoms with Crippen LogP contribution in [-0.4, -0.2) is 14.7 Å². The third kappa shape index (κ3) is 4.30. The van der Waals surface area contributed by atoms with Crippen LogP contribution in [0.2, 0.25) is 4.34 Å². The van der Waals surface area contributed by atoms with Crippen molar-refractivity contribution in [1.82, 2.24) is 5.32 Å². The van der Waals surface area contributed by atoms with Crippen LogP contribution in [-0.2, 0) is 9.84 Å². The summed E-state index contributed by atoms with van der Waals surface area (Å²) in [5, 5.41) is 3.49. The summed E-state index contributed by atoms with van der Waals surface area (Å²) < 4.78 is 23.7. The van der Waals surface area contributed by atoms with E-state index in [9.17, 15) is 8.42 Å². The molecule has 1 aromatic carbocycles. The molecule has 21 heavy (non-hydrogen) atoms. The summed E-state index contributed by atoms with van der Waals surface area (Å²) in [5.74, 6) is 0. The number of hydrogen-bond acceptors (Lipinski definition) is 4. The minimum atomic E-state index is -3.14. The second-order valence-corrected chi connectivity index (χ2v) is 8.86. The Labute approximate surface area is 134 Å². The largest absolute Gasteiger partial charge is 0.303 e. The first-order chi connectivity index (χ1) is 9.77. The van der Waals surface area contributed by atoms with Gasteiger partial charge in [-0.1, -0.05) is 23.7 Å². The van der Waals surface area contributed by atoms with Crippen LogP contribution >= 0.6 is 22.9 Å². The van der Waals surface area contributed by atoms with Gasteiger partial charge in [0.1, 0.15) is 0 Å². The molecule has 0 aliphatic heterocycles. The van der Waals surface area contributed by atoms with Crippen LogP contribution in [0, 0.1) is 0 Å². The lowest BCUT2D eigenvalue weighted by molar-refractivity contribution is 0.500. The Bertz CT molecular complexity index is 708. The van der Waals surface area contributed by atoms with Crippen molar-refractivity contribution < 1.29 is 8.42 Å². The molecule has 0 fully saturated rings. The van der Waals surface area contributed by atoms with Gasteiger partial charge < -0.3 is 5.32 Å². The first-order valence-corrected chi connectivity index (χ1v) is 9.67. The van der Waals surface area contributed by atoms with E-state index in [0.29, 0.717) is 4.90 Å². The molecule has 2 rings (SSSR count). The van der Waals surface area contributed by atoms with E-state index in [2.05, 4.69) is 19.2 Å². The van der Waals surface area contributed by atoms with Crippen molar-refractivity contribution >= 4 is 32.8 Å². The zero-order valence-corrected chi connectivity index (χ0v) is 14.5. The van der Waals surface area contributed by atoms with Gasteiger partial charge in [-0.05, 0) is 43.7 Å². The molecule has 0 saturated heterocycles. The molecule has 1 aromatic heterocycles. The van der Waals surface area contributed by atoms with Crippen LogP contribution in [0.15, 0.2) is 41.3 Å². The van der Waals surface area contributed by atoms with E-state index in [1.165, 1.54) is 11.1 Å². The van der Waals surface area contributed by atoms with Gasteiger partial charge in [0.25, 0.3) is 0 Å². The fourth-order valence-corrected chi connectivity index (χ4v) is 3.82. The molecule has 114 valence electrons. The van der Waals surface area contributed by atoms with Crippen molar-refractivity contribution in [1.29, 1.82) is 0 Å². The zero-order chi connectivity index (χ0) is 15.6. The molecular weight excluding hydrogens is 326 g/mol. The Morgan fingerprint density at radius 3 is 2.14 bits per heavy atom. The second kappa shape index (κ2) is 6.48. The van der Waals surface area contributed by atoms with Gasteiger partial charge in [0, 0.05) is 23.2 Å². The molecule has 0 bridgehead atoms. The molecule has 0 amide bonds. The highest BCUT2D eigenvalue weighted by molar-refractivity contribution is 7.90. The Hall–Kier alpha value is -0.880. The smallest absolute Gasteiger partial charge is 0.175 e. The van der Waals surface area contributed by atoms with E-state index < -0.39 is 9.84 Å². The van der Waals surface area contributed by atoms with E-state index in [1.807, 2.05) is 24.3 Å². The molecule has 0 aliphatic rings. The van der Waals surface area contributed by atoms with E-state index in [4.69, 9.17) is 11.6 Å². The van der Waals surface area contributed by atoms with Gasteiger partial charge in [-0.3, -0.25) is 0 Å². The summed E-state index contributed by atoms with van der Waals surface area (Å²) in [6.07, 6.45) is 1.21. The topological polar surface area (TPSA) is 46.2 Å². The number of sulfone groups is 1. The lowest BCUT2D eigenvalue weighted by atomic mass is 10.1. The minimum Gasteiger partial charge on any atom is -0.303 e. The van der Waals surface area contributed by atoms with E-state index in [1.54, 1.807) is 23.5 Å². The number of halogens is 1. The third-order valence-electron chi connectivity index (χ3n) is 3.33. The van der Waals surface area contributed by atoms with Crippen molar-refractivity contribution in [2.24, 2.45) is 0 Å². The van der Waals surface area contributed by atoms with Crippen molar-refractivity contribution in [3.05, 3.63) is 51.2 Å². The molecule has 0 spiro atoms. The molecule has 2 unspecified atom stereocenters. The lowest BCUT2D eigenvalue weighted by Crippen LogP contribution is -2.21. The lowest BCUT2D eigenvalue weighted by Gasteiger charge is -2.19. The number of rotatable bonds is 5. The standard InChI is InChI=1S/C15H18ClNO2S2/c1-10(17-11(2)14-8-9-15(16)20-14)12-4-6-13(7-5-12)21(3,18)19/h4-11,17H,1-3H3. The number of hydrogen-bond donors (Lipinski definition) is 1. The third-order valence-corrected chi connectivity index (χ3v) is 5.87. The quantitative estimate of drug-likeness (QED) is 0.884. The highest BCUT2D eigenvalue weighted by Crippen LogP contribution is 2.28. The molecule has 0 saturated carbocycles. The molecule has 0 radical (unpaired) electrons. The normalized spacial score (nSPS) is 14.9. The van der Waals surface area contributed by atoms with E-state index in [0.717, 1.165) is 9.90 Å². The van der Waals surface area contributed by atoms with Gasteiger partial charge in [-0.25, -0.2) is 8.42 Å².